The molecule has 4 rings (SSSR count). The Hall–Kier alpha value is -2.31. The monoisotopic (exact) mass is 398 g/mol. The molecule has 2 heterocycles. The van der Waals surface area contributed by atoms with Crippen LogP contribution in [0.2, 0.25) is 0 Å². The van der Waals surface area contributed by atoms with E-state index >= 15 is 0 Å². The number of hydrogen-bond donors (Lipinski definition) is 1. The lowest BCUT2D eigenvalue weighted by Gasteiger charge is -2.29. The number of carbonyl (C=O) groups is 1. The summed E-state index contributed by atoms with van der Waals surface area (Å²) in [6.45, 7) is 2.99. The van der Waals surface area contributed by atoms with Crippen LogP contribution >= 0.6 is 11.3 Å². The number of likely N-dealkylation sites (tertiary alicyclic amines) is 1. The third-order valence-corrected chi connectivity index (χ3v) is 6.64. The normalized spacial score (nSPS) is 19.6. The molecular formula is C22H25FN3OS+. The first-order chi connectivity index (χ1) is 13.6. The first-order valence-corrected chi connectivity index (χ1v) is 10.6. The number of nitrogens with one attached hydrogen (secondary N) is 1. The SMILES string of the molecule is CN(Cc1ccc(F)cc1)C(=O)C[NH+]1CCC[C@H](c2nc3ccccc3s2)C1. The maximum atomic E-state index is 13.0. The number of benzene rings is 2. The Balaban J connectivity index is 1.36. The summed E-state index contributed by atoms with van der Waals surface area (Å²) in [7, 11) is 1.82. The number of halogens is 1. The predicted molar refractivity (Wildman–Crippen MR) is 110 cm³/mol. The van der Waals surface area contributed by atoms with E-state index in [4.69, 9.17) is 4.98 Å². The summed E-state index contributed by atoms with van der Waals surface area (Å²) < 4.78 is 14.3. The number of likely N-dealkylation sites (N-methyl/N-ethyl adjacent to an activating group) is 1. The van der Waals surface area contributed by atoms with E-state index < -0.39 is 0 Å². The highest BCUT2D eigenvalue weighted by Gasteiger charge is 2.29. The van der Waals surface area contributed by atoms with E-state index in [9.17, 15) is 9.18 Å². The summed E-state index contributed by atoms with van der Waals surface area (Å²) in [6, 6.07) is 14.6. The molecule has 1 aliphatic rings. The van der Waals surface area contributed by atoms with E-state index in [1.807, 2.05) is 13.1 Å². The molecule has 0 radical (unpaired) electrons. The van der Waals surface area contributed by atoms with Gasteiger partial charge in [0.1, 0.15) is 10.8 Å². The lowest BCUT2D eigenvalue weighted by atomic mass is 9.98. The highest BCUT2D eigenvalue weighted by Crippen LogP contribution is 2.30. The average molecular weight is 399 g/mol. The van der Waals surface area contributed by atoms with Gasteiger partial charge in [-0.2, -0.15) is 0 Å². The van der Waals surface area contributed by atoms with Gasteiger partial charge in [-0.25, -0.2) is 9.37 Å². The summed E-state index contributed by atoms with van der Waals surface area (Å²) in [6.07, 6.45) is 2.26. The third-order valence-electron chi connectivity index (χ3n) is 5.44. The topological polar surface area (TPSA) is 37.6 Å². The van der Waals surface area contributed by atoms with Crippen molar-refractivity contribution in [2.24, 2.45) is 0 Å². The second-order valence-corrected chi connectivity index (χ2v) is 8.68. The molecule has 1 unspecified atom stereocenters. The van der Waals surface area contributed by atoms with Gasteiger partial charge in [-0.1, -0.05) is 24.3 Å². The fourth-order valence-electron chi connectivity index (χ4n) is 3.89. The van der Waals surface area contributed by atoms with Crippen LogP contribution < -0.4 is 4.90 Å². The van der Waals surface area contributed by atoms with Crippen molar-refractivity contribution in [3.05, 3.63) is 64.9 Å². The van der Waals surface area contributed by atoms with Gasteiger partial charge in [0.05, 0.1) is 29.2 Å². The number of para-hydroxylation sites is 1. The molecule has 2 aromatic carbocycles. The molecule has 0 bridgehead atoms. The first-order valence-electron chi connectivity index (χ1n) is 9.76. The van der Waals surface area contributed by atoms with Crippen LogP contribution in [0.25, 0.3) is 10.2 Å². The van der Waals surface area contributed by atoms with Crippen molar-refractivity contribution in [2.75, 3.05) is 26.7 Å². The lowest BCUT2D eigenvalue weighted by Crippen LogP contribution is -3.14. The zero-order chi connectivity index (χ0) is 19.5. The molecule has 28 heavy (non-hydrogen) atoms. The minimum atomic E-state index is -0.253. The number of hydrogen-bond acceptors (Lipinski definition) is 3. The summed E-state index contributed by atoms with van der Waals surface area (Å²) in [5.41, 5.74) is 2.02. The van der Waals surface area contributed by atoms with Crippen molar-refractivity contribution >= 4 is 27.5 Å². The molecule has 1 saturated heterocycles. The molecule has 1 fully saturated rings. The number of piperidine rings is 1. The number of carbonyl (C=O) groups excluding carboxylic acids is 1. The van der Waals surface area contributed by atoms with Crippen LogP contribution in [0.5, 0.6) is 0 Å². The van der Waals surface area contributed by atoms with Gasteiger partial charge in [0.25, 0.3) is 5.91 Å². The van der Waals surface area contributed by atoms with Gasteiger partial charge < -0.3 is 9.80 Å². The molecule has 6 heteroatoms. The van der Waals surface area contributed by atoms with Crippen LogP contribution in [0.4, 0.5) is 4.39 Å². The standard InChI is InChI=1S/C22H24FN3OS/c1-25(13-16-8-10-18(23)11-9-16)21(27)15-26-12-4-5-17(14-26)22-24-19-6-2-3-7-20(19)28-22/h2-3,6-11,17H,4-5,12-15H2,1H3/p+1/t17-/m0/s1. The minimum absolute atomic E-state index is 0.129. The summed E-state index contributed by atoms with van der Waals surface area (Å²) in [5, 5.41) is 1.20. The molecule has 0 saturated carbocycles. The highest BCUT2D eigenvalue weighted by molar-refractivity contribution is 7.18. The summed E-state index contributed by atoms with van der Waals surface area (Å²) in [4.78, 5) is 20.6. The van der Waals surface area contributed by atoms with Crippen LogP contribution in [0.3, 0.4) is 0 Å². The third kappa shape index (κ3) is 4.39. The van der Waals surface area contributed by atoms with E-state index in [-0.39, 0.29) is 11.7 Å². The zero-order valence-corrected chi connectivity index (χ0v) is 16.8. The molecule has 3 aromatic rings. The molecule has 1 N–H and O–H groups in total. The Morgan fingerprint density at radius 3 is 2.82 bits per heavy atom. The summed E-state index contributed by atoms with van der Waals surface area (Å²) >= 11 is 1.78. The lowest BCUT2D eigenvalue weighted by molar-refractivity contribution is -0.898. The van der Waals surface area contributed by atoms with Crippen LogP contribution in [0.15, 0.2) is 48.5 Å². The smallest absolute Gasteiger partial charge is 0.277 e. The van der Waals surface area contributed by atoms with Gasteiger partial charge in [-0.05, 0) is 42.7 Å². The number of aromatic nitrogens is 1. The molecule has 146 valence electrons. The molecule has 1 aromatic heterocycles. The number of rotatable bonds is 5. The van der Waals surface area contributed by atoms with Crippen molar-refractivity contribution in [3.8, 4) is 0 Å². The quantitative estimate of drug-likeness (QED) is 0.718. The predicted octanol–water partition coefficient (Wildman–Crippen LogP) is 2.86. The Kier molecular flexibility index (Phi) is 5.69. The van der Waals surface area contributed by atoms with Crippen LogP contribution in [0, 0.1) is 5.82 Å². The molecule has 1 amide bonds. The minimum Gasteiger partial charge on any atom is -0.337 e. The van der Waals surface area contributed by atoms with Gasteiger partial charge >= 0.3 is 0 Å². The van der Waals surface area contributed by atoms with Crippen LogP contribution in [-0.2, 0) is 11.3 Å². The van der Waals surface area contributed by atoms with E-state index in [2.05, 4.69) is 18.2 Å². The molecule has 0 aliphatic carbocycles. The second kappa shape index (κ2) is 8.37. The van der Waals surface area contributed by atoms with Crippen molar-refractivity contribution < 1.29 is 14.1 Å². The number of thiazole rings is 1. The fourth-order valence-corrected chi connectivity index (χ4v) is 4.99. The van der Waals surface area contributed by atoms with Gasteiger partial charge in [-0.3, -0.25) is 4.79 Å². The van der Waals surface area contributed by atoms with Gasteiger partial charge in [0, 0.05) is 13.6 Å². The number of nitrogens with zero attached hydrogens (tertiary/aromatic N) is 2. The van der Waals surface area contributed by atoms with Gasteiger partial charge in [0.2, 0.25) is 0 Å². The van der Waals surface area contributed by atoms with E-state index in [0.29, 0.717) is 19.0 Å². The number of quaternary nitrogens is 1. The molecule has 0 spiro atoms. The average Bonchev–Trinajstić information content (AvgIpc) is 3.14. The molecule has 2 atom stereocenters. The second-order valence-electron chi connectivity index (χ2n) is 7.62. The maximum absolute atomic E-state index is 13.0. The van der Waals surface area contributed by atoms with Crippen LogP contribution in [0.1, 0.15) is 29.3 Å². The molecule has 4 nitrogen and oxygen atoms in total. The molecule has 1 aliphatic heterocycles. The Bertz CT molecular complexity index is 923. The first kappa shape index (κ1) is 19.0. The summed E-state index contributed by atoms with van der Waals surface area (Å²) in [5.74, 6) is 0.303. The molecular weight excluding hydrogens is 373 g/mol. The number of fused-ring (bicyclic) bond motifs is 1. The largest absolute Gasteiger partial charge is 0.337 e. The maximum Gasteiger partial charge on any atom is 0.277 e. The Labute approximate surface area is 168 Å². The van der Waals surface area contributed by atoms with Gasteiger partial charge in [0.15, 0.2) is 6.54 Å². The Morgan fingerprint density at radius 2 is 2.04 bits per heavy atom. The van der Waals surface area contributed by atoms with Crippen molar-refractivity contribution in [2.45, 2.75) is 25.3 Å². The van der Waals surface area contributed by atoms with Gasteiger partial charge in [-0.15, -0.1) is 11.3 Å². The Morgan fingerprint density at radius 1 is 1.25 bits per heavy atom. The van der Waals surface area contributed by atoms with E-state index in [0.717, 1.165) is 37.0 Å². The van der Waals surface area contributed by atoms with E-state index in [1.165, 1.54) is 26.7 Å². The highest BCUT2D eigenvalue weighted by atomic mass is 32.1. The van der Waals surface area contributed by atoms with Crippen molar-refractivity contribution in [1.29, 1.82) is 0 Å². The van der Waals surface area contributed by atoms with Crippen LogP contribution in [-0.4, -0.2) is 42.5 Å². The number of amides is 1. The van der Waals surface area contributed by atoms with Crippen molar-refractivity contribution in [3.63, 3.8) is 0 Å². The zero-order valence-electron chi connectivity index (χ0n) is 16.0. The fraction of sp³-hybridized carbons (Fsp3) is 0.364. The van der Waals surface area contributed by atoms with Crippen molar-refractivity contribution in [1.82, 2.24) is 9.88 Å². The van der Waals surface area contributed by atoms with E-state index in [1.54, 1.807) is 28.4 Å².